The van der Waals surface area contributed by atoms with Gasteiger partial charge < -0.3 is 10.2 Å². The lowest BCUT2D eigenvalue weighted by atomic mass is 10.1. The first-order valence-electron chi connectivity index (χ1n) is 8.80. The second-order valence-corrected chi connectivity index (χ2v) is 7.62. The molecule has 3 amide bonds. The van der Waals surface area contributed by atoms with Gasteiger partial charge in [-0.15, -0.1) is 0 Å². The Bertz CT molecular complexity index is 803. The first-order chi connectivity index (χ1) is 12.7. The number of carbonyl (C=O) groups is 2. The number of rotatable bonds is 3. The third-order valence-corrected chi connectivity index (χ3v) is 5.71. The van der Waals surface area contributed by atoms with Crippen LogP contribution in [-0.2, 0) is 13.0 Å². The molecule has 1 saturated carbocycles. The molecule has 0 radical (unpaired) electrons. The van der Waals surface area contributed by atoms with Gasteiger partial charge >= 0.3 is 6.03 Å². The summed E-state index contributed by atoms with van der Waals surface area (Å²) >= 11 is 1.42. The number of fused-ring (bicyclic) bond motifs is 1. The number of hydrogen-bond acceptors (Lipinski definition) is 6. The van der Waals surface area contributed by atoms with Gasteiger partial charge in [0, 0.05) is 36.3 Å². The molecule has 9 heteroatoms. The summed E-state index contributed by atoms with van der Waals surface area (Å²) in [5.41, 5.74) is 1.30. The van der Waals surface area contributed by atoms with Gasteiger partial charge in [-0.25, -0.2) is 14.8 Å². The fourth-order valence-corrected chi connectivity index (χ4v) is 4.40. The second-order valence-electron chi connectivity index (χ2n) is 6.54. The predicted molar refractivity (Wildman–Crippen MR) is 97.0 cm³/mol. The van der Waals surface area contributed by atoms with E-state index in [1.165, 1.54) is 36.6 Å². The van der Waals surface area contributed by atoms with E-state index in [4.69, 9.17) is 0 Å². The van der Waals surface area contributed by atoms with Crippen LogP contribution in [0.2, 0.25) is 0 Å². The summed E-state index contributed by atoms with van der Waals surface area (Å²) in [6, 6.07) is 0.0696. The zero-order valence-corrected chi connectivity index (χ0v) is 15.1. The summed E-state index contributed by atoms with van der Waals surface area (Å²) in [7, 11) is 0. The van der Waals surface area contributed by atoms with Crippen molar-refractivity contribution in [3.63, 3.8) is 0 Å². The van der Waals surface area contributed by atoms with Crippen LogP contribution in [0.1, 0.15) is 46.7 Å². The number of nitrogens with one attached hydrogen (secondary N) is 2. The predicted octanol–water partition coefficient (Wildman–Crippen LogP) is 2.20. The molecule has 26 heavy (non-hydrogen) atoms. The molecule has 0 unspecified atom stereocenters. The van der Waals surface area contributed by atoms with Crippen LogP contribution in [-0.4, -0.2) is 44.4 Å². The van der Waals surface area contributed by atoms with Gasteiger partial charge in [0.15, 0.2) is 5.13 Å². The van der Waals surface area contributed by atoms with E-state index < -0.39 is 0 Å². The molecule has 136 valence electrons. The highest BCUT2D eigenvalue weighted by Gasteiger charge is 2.26. The number of thiazole rings is 1. The van der Waals surface area contributed by atoms with Crippen molar-refractivity contribution < 1.29 is 9.59 Å². The highest BCUT2D eigenvalue weighted by molar-refractivity contribution is 7.15. The second kappa shape index (κ2) is 7.36. The van der Waals surface area contributed by atoms with E-state index in [2.05, 4.69) is 25.6 Å². The summed E-state index contributed by atoms with van der Waals surface area (Å²) in [4.78, 5) is 39.9. The van der Waals surface area contributed by atoms with E-state index in [0.717, 1.165) is 23.4 Å². The third-order valence-electron chi connectivity index (χ3n) is 4.71. The molecule has 0 atom stereocenters. The van der Waals surface area contributed by atoms with Crippen LogP contribution in [0.4, 0.5) is 9.93 Å². The standard InChI is InChI=1S/C17H20N6O2S/c24-15(13-9-18-6-7-19-13)23-8-5-12-14(10-23)26-17(21-12)22-16(25)20-11-3-1-2-4-11/h6-7,9,11H,1-5,8,10H2,(H2,20,21,22,25). The Balaban J connectivity index is 1.39. The van der Waals surface area contributed by atoms with Crippen LogP contribution in [0.3, 0.4) is 0 Å². The molecule has 2 aromatic rings. The van der Waals surface area contributed by atoms with E-state index in [9.17, 15) is 9.59 Å². The van der Waals surface area contributed by atoms with Crippen LogP contribution < -0.4 is 10.6 Å². The summed E-state index contributed by atoms with van der Waals surface area (Å²) < 4.78 is 0. The Morgan fingerprint density at radius 3 is 2.85 bits per heavy atom. The maximum absolute atomic E-state index is 12.5. The first-order valence-corrected chi connectivity index (χ1v) is 9.62. The minimum atomic E-state index is -0.199. The van der Waals surface area contributed by atoms with Crippen molar-refractivity contribution in [3.8, 4) is 0 Å². The van der Waals surface area contributed by atoms with Gasteiger partial charge in [0.25, 0.3) is 5.91 Å². The topological polar surface area (TPSA) is 100 Å². The van der Waals surface area contributed by atoms with E-state index in [-0.39, 0.29) is 18.0 Å². The average Bonchev–Trinajstić information content (AvgIpc) is 3.30. The van der Waals surface area contributed by atoms with Crippen LogP contribution in [0.15, 0.2) is 18.6 Å². The molecule has 0 spiro atoms. The monoisotopic (exact) mass is 372 g/mol. The van der Waals surface area contributed by atoms with E-state index in [0.29, 0.717) is 30.3 Å². The van der Waals surface area contributed by atoms with E-state index in [1.54, 1.807) is 11.1 Å². The Hall–Kier alpha value is -2.55. The van der Waals surface area contributed by atoms with Crippen LogP contribution in [0.25, 0.3) is 0 Å². The first kappa shape index (κ1) is 16.9. The molecule has 2 aromatic heterocycles. The van der Waals surface area contributed by atoms with Crippen molar-refractivity contribution in [1.29, 1.82) is 0 Å². The number of anilines is 1. The van der Waals surface area contributed by atoms with Gasteiger partial charge in [-0.2, -0.15) is 0 Å². The third kappa shape index (κ3) is 3.67. The SMILES string of the molecule is O=C(Nc1nc2c(s1)CN(C(=O)c1cnccn1)CC2)NC1CCCC1. The Morgan fingerprint density at radius 2 is 2.08 bits per heavy atom. The van der Waals surface area contributed by atoms with Crippen molar-refractivity contribution in [3.05, 3.63) is 34.9 Å². The summed E-state index contributed by atoms with van der Waals surface area (Å²) in [6.45, 7) is 1.06. The van der Waals surface area contributed by atoms with E-state index >= 15 is 0 Å². The van der Waals surface area contributed by atoms with Crippen molar-refractivity contribution in [2.75, 3.05) is 11.9 Å². The molecule has 3 heterocycles. The number of nitrogens with zero attached hydrogens (tertiary/aromatic N) is 4. The Kier molecular flexibility index (Phi) is 4.79. The molecule has 2 aliphatic rings. The zero-order chi connectivity index (χ0) is 17.9. The largest absolute Gasteiger partial charge is 0.335 e. The van der Waals surface area contributed by atoms with Gasteiger partial charge in [0.1, 0.15) is 5.69 Å². The van der Waals surface area contributed by atoms with Crippen molar-refractivity contribution in [2.45, 2.75) is 44.7 Å². The lowest BCUT2D eigenvalue weighted by Crippen LogP contribution is -2.36. The summed E-state index contributed by atoms with van der Waals surface area (Å²) in [6.07, 6.45) is 9.64. The average molecular weight is 372 g/mol. The van der Waals surface area contributed by atoms with Crippen LogP contribution >= 0.6 is 11.3 Å². The molecule has 2 N–H and O–H groups in total. The fraction of sp³-hybridized carbons (Fsp3) is 0.471. The van der Waals surface area contributed by atoms with Crippen LogP contribution in [0.5, 0.6) is 0 Å². The molecule has 0 bridgehead atoms. The number of carbonyl (C=O) groups excluding carboxylic acids is 2. The Morgan fingerprint density at radius 1 is 1.23 bits per heavy atom. The number of aromatic nitrogens is 3. The molecular formula is C17H20N6O2S. The highest BCUT2D eigenvalue weighted by Crippen LogP contribution is 2.29. The number of urea groups is 1. The van der Waals surface area contributed by atoms with Gasteiger partial charge in [-0.05, 0) is 12.8 Å². The molecular weight excluding hydrogens is 352 g/mol. The van der Waals surface area contributed by atoms with E-state index in [1.807, 2.05) is 0 Å². The quantitative estimate of drug-likeness (QED) is 0.860. The molecule has 8 nitrogen and oxygen atoms in total. The summed E-state index contributed by atoms with van der Waals surface area (Å²) in [5.74, 6) is -0.134. The lowest BCUT2D eigenvalue weighted by molar-refractivity contribution is 0.0729. The molecule has 1 aliphatic carbocycles. The molecule has 0 saturated heterocycles. The van der Waals surface area contributed by atoms with Gasteiger partial charge in [-0.1, -0.05) is 24.2 Å². The minimum absolute atomic E-state index is 0.134. The van der Waals surface area contributed by atoms with Gasteiger partial charge in [0.05, 0.1) is 18.4 Å². The number of hydrogen-bond donors (Lipinski definition) is 2. The maximum Gasteiger partial charge on any atom is 0.321 e. The van der Waals surface area contributed by atoms with Crippen molar-refractivity contribution in [1.82, 2.24) is 25.2 Å². The molecule has 1 aliphatic heterocycles. The van der Waals surface area contributed by atoms with Gasteiger partial charge in [0.2, 0.25) is 0 Å². The fourth-order valence-electron chi connectivity index (χ4n) is 3.38. The number of amides is 3. The van der Waals surface area contributed by atoms with Crippen molar-refractivity contribution in [2.24, 2.45) is 0 Å². The maximum atomic E-state index is 12.5. The normalized spacial score (nSPS) is 17.0. The zero-order valence-electron chi connectivity index (χ0n) is 14.3. The molecule has 1 fully saturated rings. The van der Waals surface area contributed by atoms with Crippen molar-refractivity contribution >= 4 is 28.4 Å². The van der Waals surface area contributed by atoms with Gasteiger partial charge in [-0.3, -0.25) is 15.1 Å². The Labute approximate surface area is 155 Å². The molecule has 4 rings (SSSR count). The highest BCUT2D eigenvalue weighted by atomic mass is 32.1. The smallest absolute Gasteiger partial charge is 0.321 e. The minimum Gasteiger partial charge on any atom is -0.335 e. The molecule has 0 aromatic carbocycles. The summed E-state index contributed by atoms with van der Waals surface area (Å²) in [5, 5.41) is 6.41. The van der Waals surface area contributed by atoms with Crippen LogP contribution in [0, 0.1) is 0 Å². The lowest BCUT2D eigenvalue weighted by Gasteiger charge is -2.25.